The van der Waals surface area contributed by atoms with Crippen LogP contribution >= 0.6 is 7.82 Å². The van der Waals surface area contributed by atoms with E-state index in [0.29, 0.717) is 36.7 Å². The lowest BCUT2D eigenvalue weighted by Gasteiger charge is -2.24. The first-order valence-electron chi connectivity index (χ1n) is 22.6. The Kier molecular flexibility index (Phi) is 31.1. The summed E-state index contributed by atoms with van der Waals surface area (Å²) >= 11 is 0. The van der Waals surface area contributed by atoms with Crippen LogP contribution in [0.1, 0.15) is 149 Å². The van der Waals surface area contributed by atoms with Crippen molar-refractivity contribution in [3.63, 3.8) is 0 Å². The first kappa shape index (κ1) is 54.9. The van der Waals surface area contributed by atoms with Gasteiger partial charge >= 0.3 is 19.8 Å². The second-order valence-electron chi connectivity index (χ2n) is 17.0. The SMILES string of the molecule is CCCCC/C=C\C/C=C\C/C=C\CCCCC(=O)OC[C@H](COP(=O)(O)OCC[N+](C)(C)C)OC(=O)CCCCCC[C@@H]1[C@@H](/C=C/[C@@H](O)CCCCC)[C@H](O)C[C@@H]1O. The molecule has 0 aliphatic heterocycles. The lowest BCUT2D eigenvalue weighted by Crippen LogP contribution is -2.37. The average molecular weight is 857 g/mol. The normalized spacial score (nSPS) is 20.9. The summed E-state index contributed by atoms with van der Waals surface area (Å²) in [6, 6.07) is 0. The van der Waals surface area contributed by atoms with Gasteiger partial charge in [0.1, 0.15) is 19.8 Å². The molecule has 7 atom stereocenters. The molecule has 0 heterocycles. The third kappa shape index (κ3) is 30.5. The predicted octanol–water partition coefficient (Wildman–Crippen LogP) is 9.07. The molecule has 1 aliphatic rings. The quantitative estimate of drug-likeness (QED) is 0.0156. The Morgan fingerprint density at radius 3 is 2.00 bits per heavy atom. The topological polar surface area (TPSA) is 169 Å². The van der Waals surface area contributed by atoms with Gasteiger partial charge in [-0.1, -0.05) is 114 Å². The molecule has 1 unspecified atom stereocenters. The fraction of sp³-hybridized carbons (Fsp3) is 0.783. The standard InChI is InChI=1S/C46H82NO11P/c1-6-8-10-11-12-13-14-15-16-17-18-19-20-21-26-30-45(51)55-37-40(38-57-59(53,54)56-35-34-47(3,4)5)58-46(52)31-27-23-22-25-29-41-42(44(50)36-43(41)49)33-32-39(48)28-24-9-7-2/h12-13,15-16,18-19,32-33,39-44,48-50H,6-11,14,17,20-31,34-38H2,1-5H3/p+1/b13-12-,16-15-,19-18-,33-32+/t39-,40+,41+,42+,43-,44+/m0/s1. The van der Waals surface area contributed by atoms with Gasteiger partial charge in [0, 0.05) is 25.2 Å². The minimum Gasteiger partial charge on any atom is -0.462 e. The van der Waals surface area contributed by atoms with Crippen LogP contribution in [0.25, 0.3) is 0 Å². The Balaban J connectivity index is 2.51. The van der Waals surface area contributed by atoms with E-state index in [1.54, 1.807) is 6.08 Å². The predicted molar refractivity (Wildman–Crippen MR) is 235 cm³/mol. The molecule has 1 aliphatic carbocycles. The Hall–Kier alpha value is -2.15. The number of aliphatic hydroxyl groups excluding tert-OH is 3. The number of unbranched alkanes of at least 4 members (excludes halogenated alkanes) is 10. The van der Waals surface area contributed by atoms with Crippen LogP contribution in [0.2, 0.25) is 0 Å². The minimum absolute atomic E-state index is 0.0145. The molecule has 0 amide bonds. The summed E-state index contributed by atoms with van der Waals surface area (Å²) in [6.45, 7) is 3.99. The highest BCUT2D eigenvalue weighted by molar-refractivity contribution is 7.47. The molecular formula is C46H83NO11P+. The van der Waals surface area contributed by atoms with E-state index in [0.717, 1.165) is 77.0 Å². The largest absolute Gasteiger partial charge is 0.472 e. The van der Waals surface area contributed by atoms with Gasteiger partial charge < -0.3 is 34.2 Å². The van der Waals surface area contributed by atoms with E-state index in [4.69, 9.17) is 18.5 Å². The van der Waals surface area contributed by atoms with Crippen LogP contribution in [-0.2, 0) is 32.7 Å². The summed E-state index contributed by atoms with van der Waals surface area (Å²) in [7, 11) is 1.32. The van der Waals surface area contributed by atoms with Crippen LogP contribution < -0.4 is 0 Å². The zero-order valence-electron chi connectivity index (χ0n) is 37.3. The van der Waals surface area contributed by atoms with Crippen LogP contribution in [0.15, 0.2) is 48.6 Å². The third-order valence-corrected chi connectivity index (χ3v) is 11.4. The van der Waals surface area contributed by atoms with Gasteiger partial charge in [-0.05, 0) is 70.1 Å². The number of phosphoric ester groups is 1. The molecule has 0 aromatic carbocycles. The van der Waals surface area contributed by atoms with Crippen molar-refractivity contribution in [2.75, 3.05) is 47.5 Å². The molecule has 0 spiro atoms. The van der Waals surface area contributed by atoms with E-state index >= 15 is 0 Å². The number of allylic oxidation sites excluding steroid dienone is 6. The van der Waals surface area contributed by atoms with E-state index in [1.807, 2.05) is 27.2 Å². The van der Waals surface area contributed by atoms with Crippen LogP contribution in [0.3, 0.4) is 0 Å². The molecule has 342 valence electrons. The third-order valence-electron chi connectivity index (χ3n) is 10.4. The number of hydrogen-bond donors (Lipinski definition) is 4. The van der Waals surface area contributed by atoms with Crippen LogP contribution in [-0.4, -0.2) is 109 Å². The minimum atomic E-state index is -4.45. The summed E-state index contributed by atoms with van der Waals surface area (Å²) in [5.41, 5.74) is 0. The van der Waals surface area contributed by atoms with E-state index in [9.17, 15) is 34.4 Å². The summed E-state index contributed by atoms with van der Waals surface area (Å²) < 4.78 is 34.3. The number of carbonyl (C=O) groups excluding carboxylic acids is 2. The number of hydrogen-bond acceptors (Lipinski definition) is 10. The highest BCUT2D eigenvalue weighted by Crippen LogP contribution is 2.43. The van der Waals surface area contributed by atoms with Gasteiger partial charge in [0.25, 0.3) is 0 Å². The lowest BCUT2D eigenvalue weighted by atomic mass is 9.88. The van der Waals surface area contributed by atoms with Gasteiger partial charge in [0.15, 0.2) is 6.10 Å². The second-order valence-corrected chi connectivity index (χ2v) is 18.5. The maximum absolute atomic E-state index is 12.8. The van der Waals surface area contributed by atoms with E-state index in [2.05, 4.69) is 50.3 Å². The van der Waals surface area contributed by atoms with E-state index < -0.39 is 50.8 Å². The number of ether oxygens (including phenoxy) is 2. The highest BCUT2D eigenvalue weighted by Gasteiger charge is 2.39. The molecular weight excluding hydrogens is 773 g/mol. The molecule has 13 heteroatoms. The van der Waals surface area contributed by atoms with Crippen molar-refractivity contribution in [3.05, 3.63) is 48.6 Å². The summed E-state index contributed by atoms with van der Waals surface area (Å²) in [4.78, 5) is 35.6. The molecule has 0 radical (unpaired) electrons. The Morgan fingerprint density at radius 2 is 1.34 bits per heavy atom. The smallest absolute Gasteiger partial charge is 0.462 e. The summed E-state index contributed by atoms with van der Waals surface area (Å²) in [6.07, 6.45) is 30.8. The van der Waals surface area contributed by atoms with Crippen molar-refractivity contribution < 1.29 is 57.4 Å². The van der Waals surface area contributed by atoms with Crippen molar-refractivity contribution in [1.29, 1.82) is 0 Å². The van der Waals surface area contributed by atoms with Crippen LogP contribution in [0.4, 0.5) is 0 Å². The first-order valence-corrected chi connectivity index (χ1v) is 24.1. The molecule has 0 aromatic heterocycles. The number of nitrogens with zero attached hydrogens (tertiary/aromatic N) is 1. The molecule has 1 fully saturated rings. The van der Waals surface area contributed by atoms with Gasteiger partial charge in [-0.25, -0.2) is 4.57 Å². The van der Waals surface area contributed by atoms with Crippen LogP contribution in [0, 0.1) is 11.8 Å². The molecule has 59 heavy (non-hydrogen) atoms. The molecule has 0 saturated heterocycles. The molecule has 0 aromatic rings. The maximum atomic E-state index is 12.8. The van der Waals surface area contributed by atoms with Crippen molar-refractivity contribution in [2.24, 2.45) is 11.8 Å². The summed E-state index contributed by atoms with van der Waals surface area (Å²) in [5.74, 6) is -1.29. The Morgan fingerprint density at radius 1 is 0.746 bits per heavy atom. The van der Waals surface area contributed by atoms with Gasteiger partial charge in [0.2, 0.25) is 0 Å². The second kappa shape index (κ2) is 33.5. The maximum Gasteiger partial charge on any atom is 0.472 e. The Labute approximate surface area is 357 Å². The molecule has 1 saturated carbocycles. The molecule has 1 rings (SSSR count). The first-order chi connectivity index (χ1) is 28.2. The number of esters is 2. The molecule has 0 bridgehead atoms. The van der Waals surface area contributed by atoms with Crippen molar-refractivity contribution in [3.8, 4) is 0 Å². The number of phosphoric acid groups is 1. The number of carbonyl (C=O) groups is 2. The van der Waals surface area contributed by atoms with Gasteiger partial charge in [-0.15, -0.1) is 0 Å². The number of rotatable bonds is 36. The highest BCUT2D eigenvalue weighted by atomic mass is 31.2. The van der Waals surface area contributed by atoms with Crippen molar-refractivity contribution in [2.45, 2.75) is 173 Å². The van der Waals surface area contributed by atoms with Gasteiger partial charge in [0.05, 0.1) is 46.1 Å². The number of aliphatic hydroxyl groups is 3. The van der Waals surface area contributed by atoms with E-state index in [-0.39, 0.29) is 37.9 Å². The lowest BCUT2D eigenvalue weighted by molar-refractivity contribution is -0.870. The van der Waals surface area contributed by atoms with Crippen LogP contribution in [0.5, 0.6) is 0 Å². The van der Waals surface area contributed by atoms with E-state index in [1.165, 1.54) is 19.3 Å². The van der Waals surface area contributed by atoms with Crippen molar-refractivity contribution in [1.82, 2.24) is 0 Å². The van der Waals surface area contributed by atoms with Gasteiger partial charge in [-0.2, -0.15) is 0 Å². The fourth-order valence-corrected chi connectivity index (χ4v) is 7.56. The van der Waals surface area contributed by atoms with Gasteiger partial charge in [-0.3, -0.25) is 18.6 Å². The zero-order chi connectivity index (χ0) is 43.8. The number of quaternary nitrogens is 1. The summed E-state index contributed by atoms with van der Waals surface area (Å²) in [5, 5.41) is 31.4. The molecule has 12 nitrogen and oxygen atoms in total. The fourth-order valence-electron chi connectivity index (χ4n) is 6.82. The zero-order valence-corrected chi connectivity index (χ0v) is 38.2. The number of likely N-dealkylation sites (N-methyl/N-ethyl adjacent to an activating group) is 1. The Bertz CT molecular complexity index is 1260. The average Bonchev–Trinajstić information content (AvgIpc) is 3.44. The van der Waals surface area contributed by atoms with Crippen molar-refractivity contribution >= 4 is 19.8 Å². The monoisotopic (exact) mass is 857 g/mol. The molecule has 4 N–H and O–H groups in total.